The molecule has 1 saturated heterocycles. The van der Waals surface area contributed by atoms with Gasteiger partial charge in [0.15, 0.2) is 0 Å². The smallest absolute Gasteiger partial charge is 0.320 e. The number of hydrogen-bond donors (Lipinski definition) is 2. The maximum atomic E-state index is 11.1. The minimum absolute atomic E-state index is 0. The average molecular weight is 416 g/mol. The Bertz CT molecular complexity index is 804. The molecule has 2 N–H and O–H groups in total. The van der Waals surface area contributed by atoms with E-state index in [1.807, 2.05) is 24.3 Å². The molecule has 2 atom stereocenters. The van der Waals surface area contributed by atoms with E-state index in [1.165, 1.54) is 0 Å². The standard InChI is InChI=1S/C18H21N3O4.2ClH/c1-3-4-6-13-17(25-11-9-14(18(22)23)19-10-11)21-16-12(20-13)7-5-8-15(16)24-2;;/h3,5,7-8,11,14,19H,1,4,6,9-10H2,2H3,(H,22,23);2*1H/t11-,14+;;/m1../s1. The minimum atomic E-state index is -0.871. The summed E-state index contributed by atoms with van der Waals surface area (Å²) in [6, 6.07) is 4.97. The Morgan fingerprint density at radius 2 is 2.19 bits per heavy atom. The van der Waals surface area contributed by atoms with Gasteiger partial charge in [-0.3, -0.25) is 4.79 Å². The molecule has 0 spiro atoms. The van der Waals surface area contributed by atoms with E-state index in [0.717, 1.165) is 17.6 Å². The number of allylic oxidation sites excluding steroid dienone is 1. The first kappa shape index (κ1) is 23.0. The minimum Gasteiger partial charge on any atom is -0.494 e. The Balaban J connectivity index is 0.00000182. The molecule has 0 radical (unpaired) electrons. The number of aromatic nitrogens is 2. The first-order valence-corrected chi connectivity index (χ1v) is 8.19. The maximum absolute atomic E-state index is 11.1. The highest BCUT2D eigenvalue weighted by molar-refractivity contribution is 5.85. The number of halogens is 2. The number of methoxy groups -OCH3 is 1. The number of ether oxygens (including phenoxy) is 2. The van der Waals surface area contributed by atoms with Crippen LogP contribution < -0.4 is 14.8 Å². The lowest BCUT2D eigenvalue weighted by atomic mass is 10.2. The zero-order valence-corrected chi connectivity index (χ0v) is 16.5. The van der Waals surface area contributed by atoms with Crippen LogP contribution in [0.25, 0.3) is 11.0 Å². The van der Waals surface area contributed by atoms with E-state index >= 15 is 0 Å². The molecule has 0 amide bonds. The van der Waals surface area contributed by atoms with E-state index in [2.05, 4.69) is 21.9 Å². The topological polar surface area (TPSA) is 93.6 Å². The molecule has 9 heteroatoms. The van der Waals surface area contributed by atoms with E-state index < -0.39 is 12.0 Å². The van der Waals surface area contributed by atoms with Gasteiger partial charge in [0.2, 0.25) is 5.88 Å². The van der Waals surface area contributed by atoms with E-state index in [0.29, 0.717) is 36.5 Å². The molecule has 0 saturated carbocycles. The van der Waals surface area contributed by atoms with Crippen LogP contribution in [0.15, 0.2) is 30.9 Å². The van der Waals surface area contributed by atoms with Crippen LogP contribution in [0.2, 0.25) is 0 Å². The SMILES string of the molecule is C=CCCc1nc2cccc(OC)c2nc1O[C@H]1CN[C@H](C(=O)O)C1.Cl.Cl. The monoisotopic (exact) mass is 415 g/mol. The molecule has 1 aromatic carbocycles. The number of fused-ring (bicyclic) bond motifs is 1. The predicted octanol–water partition coefficient (Wildman–Crippen LogP) is 2.79. The molecule has 3 rings (SSSR count). The van der Waals surface area contributed by atoms with Crippen molar-refractivity contribution in [3.05, 3.63) is 36.5 Å². The highest BCUT2D eigenvalue weighted by Gasteiger charge is 2.31. The van der Waals surface area contributed by atoms with Gasteiger partial charge in [-0.2, -0.15) is 0 Å². The predicted molar refractivity (Wildman–Crippen MR) is 108 cm³/mol. The number of carboxylic acid groups (broad SMARTS) is 1. The third-order valence-electron chi connectivity index (χ3n) is 4.17. The van der Waals surface area contributed by atoms with Crippen LogP contribution in [0.5, 0.6) is 11.6 Å². The molecule has 2 aromatic rings. The van der Waals surface area contributed by atoms with Crippen LogP contribution in [-0.2, 0) is 11.2 Å². The summed E-state index contributed by atoms with van der Waals surface area (Å²) in [6.45, 7) is 4.21. The summed E-state index contributed by atoms with van der Waals surface area (Å²) >= 11 is 0. The second-order valence-electron chi connectivity index (χ2n) is 5.91. The second-order valence-corrected chi connectivity index (χ2v) is 5.91. The van der Waals surface area contributed by atoms with Gasteiger partial charge in [-0.1, -0.05) is 12.1 Å². The quantitative estimate of drug-likeness (QED) is 0.671. The molecule has 0 bridgehead atoms. The van der Waals surface area contributed by atoms with Gasteiger partial charge in [0.05, 0.1) is 12.6 Å². The molecule has 1 fully saturated rings. The third-order valence-corrected chi connectivity index (χ3v) is 4.17. The van der Waals surface area contributed by atoms with Crippen molar-refractivity contribution >= 4 is 41.8 Å². The number of nitrogens with zero attached hydrogens (tertiary/aromatic N) is 2. The summed E-state index contributed by atoms with van der Waals surface area (Å²) in [5, 5.41) is 12.0. The summed E-state index contributed by atoms with van der Waals surface area (Å²) in [5.41, 5.74) is 2.10. The molecule has 7 nitrogen and oxygen atoms in total. The normalized spacial score (nSPS) is 18.3. The van der Waals surface area contributed by atoms with E-state index in [-0.39, 0.29) is 30.9 Å². The van der Waals surface area contributed by atoms with E-state index in [4.69, 9.17) is 14.6 Å². The molecule has 2 heterocycles. The van der Waals surface area contributed by atoms with Crippen molar-refractivity contribution in [3.8, 4) is 11.6 Å². The Hall–Kier alpha value is -2.09. The maximum Gasteiger partial charge on any atom is 0.320 e. The number of para-hydroxylation sites is 1. The van der Waals surface area contributed by atoms with Crippen molar-refractivity contribution in [3.63, 3.8) is 0 Å². The highest BCUT2D eigenvalue weighted by atomic mass is 35.5. The van der Waals surface area contributed by atoms with Gasteiger partial charge in [-0.25, -0.2) is 9.97 Å². The lowest BCUT2D eigenvalue weighted by Gasteiger charge is -2.16. The summed E-state index contributed by atoms with van der Waals surface area (Å²) in [7, 11) is 1.58. The van der Waals surface area contributed by atoms with Crippen molar-refractivity contribution in [2.24, 2.45) is 0 Å². The number of hydrogen-bond acceptors (Lipinski definition) is 6. The number of aryl methyl sites for hydroxylation is 1. The summed E-state index contributed by atoms with van der Waals surface area (Å²) in [4.78, 5) is 20.4. The summed E-state index contributed by atoms with van der Waals surface area (Å²) < 4.78 is 11.4. The van der Waals surface area contributed by atoms with Crippen molar-refractivity contribution in [2.45, 2.75) is 31.4 Å². The third kappa shape index (κ3) is 5.22. The Kier molecular flexibility index (Phi) is 8.75. The van der Waals surface area contributed by atoms with Crippen LogP contribution in [-0.4, -0.2) is 46.8 Å². The first-order valence-electron chi connectivity index (χ1n) is 8.19. The van der Waals surface area contributed by atoms with Gasteiger partial charge in [0.1, 0.15) is 29.1 Å². The zero-order chi connectivity index (χ0) is 17.8. The molecule has 148 valence electrons. The van der Waals surface area contributed by atoms with Crippen molar-refractivity contribution in [1.82, 2.24) is 15.3 Å². The fraction of sp³-hybridized carbons (Fsp3) is 0.389. The number of aliphatic carboxylic acids is 1. The molecule has 0 aliphatic carbocycles. The van der Waals surface area contributed by atoms with Crippen molar-refractivity contribution in [2.75, 3.05) is 13.7 Å². The summed E-state index contributed by atoms with van der Waals surface area (Å²) in [6.07, 6.45) is 3.36. The number of carbonyl (C=O) groups is 1. The Morgan fingerprint density at radius 3 is 2.81 bits per heavy atom. The van der Waals surface area contributed by atoms with Crippen LogP contribution in [0, 0.1) is 0 Å². The number of benzene rings is 1. The molecular formula is C18H23Cl2N3O4. The van der Waals surface area contributed by atoms with Gasteiger partial charge in [-0.05, 0) is 25.0 Å². The van der Waals surface area contributed by atoms with Crippen LogP contribution in [0.3, 0.4) is 0 Å². The van der Waals surface area contributed by atoms with Crippen LogP contribution in [0.1, 0.15) is 18.5 Å². The van der Waals surface area contributed by atoms with Gasteiger partial charge in [0.25, 0.3) is 0 Å². The average Bonchev–Trinajstić information content (AvgIpc) is 3.08. The second kappa shape index (κ2) is 10.3. The molecule has 1 aliphatic rings. The lowest BCUT2D eigenvalue weighted by Crippen LogP contribution is -2.30. The number of nitrogens with one attached hydrogen (secondary N) is 1. The van der Waals surface area contributed by atoms with Crippen molar-refractivity contribution < 1.29 is 19.4 Å². The van der Waals surface area contributed by atoms with Crippen molar-refractivity contribution in [1.29, 1.82) is 0 Å². The van der Waals surface area contributed by atoms with E-state index in [9.17, 15) is 4.79 Å². The van der Waals surface area contributed by atoms with Gasteiger partial charge in [-0.15, -0.1) is 31.4 Å². The first-order chi connectivity index (χ1) is 12.1. The Labute approximate surface area is 170 Å². The highest BCUT2D eigenvalue weighted by Crippen LogP contribution is 2.28. The van der Waals surface area contributed by atoms with Crippen LogP contribution >= 0.6 is 24.8 Å². The van der Waals surface area contributed by atoms with Crippen LogP contribution in [0.4, 0.5) is 0 Å². The number of carboxylic acids is 1. The van der Waals surface area contributed by atoms with Gasteiger partial charge in [0, 0.05) is 13.0 Å². The summed E-state index contributed by atoms with van der Waals surface area (Å²) in [5.74, 6) is 0.180. The zero-order valence-electron chi connectivity index (χ0n) is 14.9. The van der Waals surface area contributed by atoms with Gasteiger partial charge < -0.3 is 19.9 Å². The Morgan fingerprint density at radius 1 is 1.41 bits per heavy atom. The molecular weight excluding hydrogens is 393 g/mol. The molecule has 1 aromatic heterocycles. The largest absolute Gasteiger partial charge is 0.494 e. The molecule has 0 unspecified atom stereocenters. The van der Waals surface area contributed by atoms with Gasteiger partial charge >= 0.3 is 5.97 Å². The molecule has 1 aliphatic heterocycles. The number of rotatable bonds is 7. The van der Waals surface area contributed by atoms with E-state index in [1.54, 1.807) is 7.11 Å². The fourth-order valence-corrected chi connectivity index (χ4v) is 2.87. The fourth-order valence-electron chi connectivity index (χ4n) is 2.87. The lowest BCUT2D eigenvalue weighted by molar-refractivity contribution is -0.139. The molecule has 27 heavy (non-hydrogen) atoms.